The smallest absolute Gasteiger partial charge is 0.306 e. The number of ketones is 1. The number of thioether (sulfide) groups is 1. The highest BCUT2D eigenvalue weighted by molar-refractivity contribution is 8.14. The Kier molecular flexibility index (Phi) is 4.15. The van der Waals surface area contributed by atoms with Gasteiger partial charge in [-0.3, -0.25) is 14.4 Å². The maximum absolute atomic E-state index is 12.3. The number of ether oxygens (including phenoxy) is 1. The van der Waals surface area contributed by atoms with Crippen molar-refractivity contribution >= 4 is 28.6 Å². The zero-order valence-corrected chi connectivity index (χ0v) is 18.5. The molecule has 0 aromatic rings. The van der Waals surface area contributed by atoms with E-state index in [2.05, 4.69) is 13.8 Å². The lowest BCUT2D eigenvalue weighted by molar-refractivity contribution is -0.167. The van der Waals surface area contributed by atoms with Gasteiger partial charge in [-0.2, -0.15) is 0 Å². The van der Waals surface area contributed by atoms with Gasteiger partial charge >= 0.3 is 5.97 Å². The summed E-state index contributed by atoms with van der Waals surface area (Å²) in [6.07, 6.45) is 7.67. The quantitative estimate of drug-likeness (QED) is 0.570. The summed E-state index contributed by atoms with van der Waals surface area (Å²) in [6, 6.07) is 0. The monoisotopic (exact) mass is 418 g/mol. The molecule has 4 fully saturated rings. The molecule has 5 rings (SSSR count). The van der Waals surface area contributed by atoms with Gasteiger partial charge in [0, 0.05) is 31.8 Å². The van der Waals surface area contributed by atoms with Crippen molar-refractivity contribution in [1.29, 1.82) is 0 Å². The first-order valence-electron chi connectivity index (χ1n) is 11.7. The van der Waals surface area contributed by atoms with Crippen LogP contribution >= 0.6 is 11.8 Å². The molecule has 1 saturated heterocycles. The fourth-order valence-corrected chi connectivity index (χ4v) is 9.14. The topological polar surface area (TPSA) is 60.4 Å². The summed E-state index contributed by atoms with van der Waals surface area (Å²) in [5, 5.41) is 0.265. The number of carbonyl (C=O) groups is 3. The molecular weight excluding hydrogens is 384 g/mol. The predicted molar refractivity (Wildman–Crippen MR) is 112 cm³/mol. The molecule has 1 heterocycles. The van der Waals surface area contributed by atoms with E-state index in [-0.39, 0.29) is 38.5 Å². The molecule has 158 valence electrons. The highest BCUT2D eigenvalue weighted by Crippen LogP contribution is 2.70. The van der Waals surface area contributed by atoms with Gasteiger partial charge in [-0.25, -0.2) is 0 Å². The van der Waals surface area contributed by atoms with Crippen LogP contribution < -0.4 is 0 Å². The largest absolute Gasteiger partial charge is 0.458 e. The van der Waals surface area contributed by atoms with Crippen molar-refractivity contribution in [3.05, 3.63) is 11.6 Å². The minimum absolute atomic E-state index is 0.0600. The standard InChI is InChI=1S/C24H32O4S/c1-14(25)29-19-13-15-12-16(26)4-8-22(15,2)17-5-9-23(3)18(21(17)19)6-10-24(23)11-7-20(27)28-24/h12,17-19,21H,4-11,13H2,1-3H3/t17-,18-,19+,21+,22-,23-,24+/m0/s1/i8T/t8?,17-,18-,19+,21+,22-,23-,24+. The number of fused-ring (bicyclic) bond motifs is 6. The molecule has 4 aliphatic carbocycles. The normalized spacial score (nSPS) is 51.6. The fraction of sp³-hybridized carbons (Fsp3) is 0.792. The maximum Gasteiger partial charge on any atom is 0.306 e. The van der Waals surface area contributed by atoms with Crippen molar-refractivity contribution in [3.63, 3.8) is 0 Å². The van der Waals surface area contributed by atoms with Crippen molar-refractivity contribution in [3.8, 4) is 0 Å². The van der Waals surface area contributed by atoms with E-state index in [0.29, 0.717) is 30.6 Å². The Balaban J connectivity index is 1.58. The van der Waals surface area contributed by atoms with Crippen LogP contribution in [0.1, 0.15) is 79.9 Å². The zero-order chi connectivity index (χ0) is 21.5. The van der Waals surface area contributed by atoms with E-state index in [1.165, 1.54) is 11.8 Å². The van der Waals surface area contributed by atoms with Crippen molar-refractivity contribution in [2.45, 2.75) is 89.4 Å². The molecule has 1 spiro atoms. The summed E-state index contributed by atoms with van der Waals surface area (Å²) < 4.78 is 14.9. The Hall–Kier alpha value is -1.10. The van der Waals surface area contributed by atoms with Crippen LogP contribution in [-0.2, 0) is 19.1 Å². The second-order valence-corrected chi connectivity index (χ2v) is 11.8. The summed E-state index contributed by atoms with van der Waals surface area (Å²) in [4.78, 5) is 36.6. The van der Waals surface area contributed by atoms with Gasteiger partial charge in [-0.15, -0.1) is 0 Å². The average Bonchev–Trinajstić information content (AvgIpc) is 3.18. The first kappa shape index (κ1) is 18.7. The molecule has 0 N–H and O–H groups in total. The van der Waals surface area contributed by atoms with Crippen LogP contribution in [0.2, 0.25) is 0 Å². The molecule has 0 aromatic carbocycles. The molecule has 0 aromatic heterocycles. The van der Waals surface area contributed by atoms with Gasteiger partial charge in [0.1, 0.15) is 5.60 Å². The van der Waals surface area contributed by atoms with Gasteiger partial charge in [0.2, 0.25) is 0 Å². The van der Waals surface area contributed by atoms with E-state index >= 15 is 0 Å². The summed E-state index contributed by atoms with van der Waals surface area (Å²) in [6.45, 7) is 6.17. The van der Waals surface area contributed by atoms with Crippen LogP contribution in [0, 0.1) is 28.6 Å². The molecule has 8 atom stereocenters. The Morgan fingerprint density at radius 1 is 1.17 bits per heavy atom. The Morgan fingerprint density at radius 3 is 2.62 bits per heavy atom. The Labute approximate surface area is 179 Å². The number of rotatable bonds is 1. The second-order valence-electron chi connectivity index (χ2n) is 10.4. The van der Waals surface area contributed by atoms with E-state index in [4.69, 9.17) is 6.11 Å². The van der Waals surface area contributed by atoms with Crippen LogP contribution in [0.25, 0.3) is 0 Å². The number of allylic oxidation sites excluding steroid dienone is 1. The second kappa shape index (κ2) is 6.45. The highest BCUT2D eigenvalue weighted by atomic mass is 32.2. The van der Waals surface area contributed by atoms with Gasteiger partial charge < -0.3 is 4.74 Å². The zero-order valence-electron chi connectivity index (χ0n) is 18.7. The van der Waals surface area contributed by atoms with Crippen LogP contribution in [0.4, 0.5) is 0 Å². The van der Waals surface area contributed by atoms with E-state index < -0.39 is 6.40 Å². The van der Waals surface area contributed by atoms with Gasteiger partial charge in [-0.05, 0) is 74.2 Å². The third kappa shape index (κ3) is 2.68. The van der Waals surface area contributed by atoms with Crippen LogP contribution in [0.3, 0.4) is 0 Å². The number of hydrogen-bond donors (Lipinski definition) is 0. The number of carbonyl (C=O) groups excluding carboxylic acids is 3. The first-order chi connectivity index (χ1) is 14.1. The third-order valence-electron chi connectivity index (χ3n) is 9.36. The Morgan fingerprint density at radius 2 is 1.93 bits per heavy atom. The van der Waals surface area contributed by atoms with Gasteiger partial charge in [0.15, 0.2) is 10.9 Å². The third-order valence-corrected chi connectivity index (χ3v) is 10.5. The average molecular weight is 419 g/mol. The van der Waals surface area contributed by atoms with Crippen molar-refractivity contribution in [2.75, 3.05) is 0 Å². The van der Waals surface area contributed by atoms with Crippen LogP contribution in [-0.4, -0.2) is 27.7 Å². The van der Waals surface area contributed by atoms with E-state index in [1.54, 1.807) is 13.0 Å². The summed E-state index contributed by atoms with van der Waals surface area (Å²) in [5.74, 6) is 1.01. The summed E-state index contributed by atoms with van der Waals surface area (Å²) in [7, 11) is 0. The molecule has 3 saturated carbocycles. The minimum atomic E-state index is -0.412. The van der Waals surface area contributed by atoms with E-state index in [0.717, 1.165) is 44.1 Å². The van der Waals surface area contributed by atoms with Crippen molar-refractivity contribution in [1.82, 2.24) is 0 Å². The lowest BCUT2D eigenvalue weighted by atomic mass is 9.46. The van der Waals surface area contributed by atoms with Crippen LogP contribution in [0.15, 0.2) is 11.6 Å². The molecule has 29 heavy (non-hydrogen) atoms. The molecule has 5 aliphatic rings. The first-order valence-corrected chi connectivity index (χ1v) is 12.0. The molecule has 1 unspecified atom stereocenters. The predicted octanol–water partition coefficient (Wildman–Crippen LogP) is 4.85. The van der Waals surface area contributed by atoms with Crippen molar-refractivity contribution in [2.24, 2.45) is 28.6 Å². The maximum atomic E-state index is 12.3. The molecule has 0 bridgehead atoms. The highest BCUT2D eigenvalue weighted by Gasteiger charge is 2.68. The number of esters is 1. The van der Waals surface area contributed by atoms with E-state index in [9.17, 15) is 14.4 Å². The molecular formula is C24H32O4S. The van der Waals surface area contributed by atoms with E-state index in [1.807, 2.05) is 0 Å². The molecule has 1 aliphatic heterocycles. The number of hydrogen-bond acceptors (Lipinski definition) is 5. The van der Waals surface area contributed by atoms with Gasteiger partial charge in [0.05, 0.1) is 0 Å². The minimum Gasteiger partial charge on any atom is -0.458 e. The summed E-state index contributed by atoms with van der Waals surface area (Å²) in [5.41, 5.74) is 0.401. The molecule has 4 nitrogen and oxygen atoms in total. The Bertz CT molecular complexity index is 854. The fourth-order valence-electron chi connectivity index (χ4n) is 7.92. The SMILES string of the molecule is [3H]C1CC(=O)C=C2C[C@@H](SC(C)=O)[C@H]3[C@@H]4CC[C@@]5(CCC(=O)O5)[C@@]4(C)CC[C@@H]3[C@]21C. The molecule has 0 amide bonds. The van der Waals surface area contributed by atoms with Crippen LogP contribution in [0.5, 0.6) is 0 Å². The van der Waals surface area contributed by atoms with Gasteiger partial charge in [0.25, 0.3) is 0 Å². The lowest BCUT2D eigenvalue weighted by Gasteiger charge is -2.61. The van der Waals surface area contributed by atoms with Crippen molar-refractivity contribution < 1.29 is 20.5 Å². The molecule has 5 heteroatoms. The van der Waals surface area contributed by atoms with Gasteiger partial charge in [-0.1, -0.05) is 31.2 Å². The summed E-state index contributed by atoms with van der Waals surface area (Å²) >= 11 is 1.44. The molecule has 0 radical (unpaired) electrons. The lowest BCUT2D eigenvalue weighted by Crippen LogP contribution is -2.57.